The van der Waals surface area contributed by atoms with E-state index in [1.165, 1.54) is 45.1 Å². The molecule has 18 heavy (non-hydrogen) atoms. The lowest BCUT2D eigenvalue weighted by Gasteiger charge is -2.49. The van der Waals surface area contributed by atoms with Crippen LogP contribution in [-0.2, 0) is 4.74 Å². The normalized spacial score (nSPS) is 38.5. The monoisotopic (exact) mass is 254 g/mol. The topological polar surface area (TPSA) is 38.5 Å². The molecule has 1 aliphatic carbocycles. The lowest BCUT2D eigenvalue weighted by molar-refractivity contribution is -0.0196. The summed E-state index contributed by atoms with van der Waals surface area (Å²) < 4.78 is 5.51. The van der Waals surface area contributed by atoms with E-state index in [1.54, 1.807) is 0 Å². The minimum atomic E-state index is 0.264. The molecule has 0 aromatic carbocycles. The van der Waals surface area contributed by atoms with Gasteiger partial charge in [-0.15, -0.1) is 0 Å². The number of hydrogen-bond acceptors (Lipinski definition) is 3. The van der Waals surface area contributed by atoms with Crippen molar-refractivity contribution >= 4 is 0 Å². The Balaban J connectivity index is 2.08. The summed E-state index contributed by atoms with van der Waals surface area (Å²) in [6.07, 6.45) is 7.94. The summed E-state index contributed by atoms with van der Waals surface area (Å²) in [5.74, 6) is 0.746. The van der Waals surface area contributed by atoms with Crippen molar-refractivity contribution in [3.8, 4) is 0 Å². The third-order valence-corrected chi connectivity index (χ3v) is 5.25. The maximum absolute atomic E-state index is 6.18. The molecule has 3 nitrogen and oxygen atoms in total. The molecule has 3 heteroatoms. The molecule has 106 valence electrons. The van der Waals surface area contributed by atoms with Crippen LogP contribution in [0.4, 0.5) is 0 Å². The minimum absolute atomic E-state index is 0.264. The van der Waals surface area contributed by atoms with Gasteiger partial charge in [-0.25, -0.2) is 0 Å². The van der Waals surface area contributed by atoms with E-state index in [2.05, 4.69) is 18.7 Å². The van der Waals surface area contributed by atoms with E-state index in [9.17, 15) is 0 Å². The Hall–Kier alpha value is -0.120. The molecule has 1 heterocycles. The fraction of sp³-hybridized carbons (Fsp3) is 1.00. The van der Waals surface area contributed by atoms with Gasteiger partial charge in [0.1, 0.15) is 0 Å². The molecule has 0 radical (unpaired) electrons. The molecule has 0 amide bonds. The van der Waals surface area contributed by atoms with Crippen LogP contribution in [0, 0.1) is 5.92 Å². The molecule has 2 aliphatic rings. The SMILES string of the molecule is COC1CCC(CN)(N2CCCC2C(C)C)CC1. The molecule has 0 spiro atoms. The summed E-state index contributed by atoms with van der Waals surface area (Å²) in [6, 6.07) is 0.743. The van der Waals surface area contributed by atoms with Crippen LogP contribution in [0.3, 0.4) is 0 Å². The van der Waals surface area contributed by atoms with Gasteiger partial charge in [-0.05, 0) is 51.0 Å². The number of methoxy groups -OCH3 is 1. The second-order valence-corrected chi connectivity index (χ2v) is 6.51. The predicted molar refractivity (Wildman–Crippen MR) is 75.6 cm³/mol. The highest BCUT2D eigenvalue weighted by Crippen LogP contribution is 2.40. The molecule has 2 fully saturated rings. The van der Waals surface area contributed by atoms with E-state index >= 15 is 0 Å². The molecule has 0 bridgehead atoms. The fourth-order valence-corrected chi connectivity index (χ4v) is 4.05. The Morgan fingerprint density at radius 3 is 2.44 bits per heavy atom. The molecule has 1 saturated carbocycles. The van der Waals surface area contributed by atoms with Crippen molar-refractivity contribution < 1.29 is 4.74 Å². The van der Waals surface area contributed by atoms with Crippen molar-refractivity contribution in [3.05, 3.63) is 0 Å². The van der Waals surface area contributed by atoms with Gasteiger partial charge < -0.3 is 10.5 Å². The molecule has 0 aromatic rings. The van der Waals surface area contributed by atoms with Gasteiger partial charge in [0, 0.05) is 25.2 Å². The number of nitrogens with two attached hydrogens (primary N) is 1. The Bertz CT molecular complexity index is 259. The number of likely N-dealkylation sites (tertiary alicyclic amines) is 1. The summed E-state index contributed by atoms with van der Waals surface area (Å²) in [5.41, 5.74) is 6.45. The molecule has 1 unspecified atom stereocenters. The number of ether oxygens (including phenoxy) is 1. The Labute approximate surface area is 112 Å². The lowest BCUT2D eigenvalue weighted by Crippen LogP contribution is -2.58. The zero-order valence-electron chi connectivity index (χ0n) is 12.3. The van der Waals surface area contributed by atoms with Crippen LogP contribution in [0.2, 0.25) is 0 Å². The molecule has 2 N–H and O–H groups in total. The smallest absolute Gasteiger partial charge is 0.0572 e. The second kappa shape index (κ2) is 5.89. The molecular weight excluding hydrogens is 224 g/mol. The van der Waals surface area contributed by atoms with Crippen molar-refractivity contribution in [2.24, 2.45) is 11.7 Å². The largest absolute Gasteiger partial charge is 0.381 e. The zero-order chi connectivity index (χ0) is 13.2. The van der Waals surface area contributed by atoms with Crippen molar-refractivity contribution in [3.63, 3.8) is 0 Å². The first-order valence-electron chi connectivity index (χ1n) is 7.62. The number of hydrogen-bond donors (Lipinski definition) is 1. The number of nitrogens with zero attached hydrogens (tertiary/aromatic N) is 1. The second-order valence-electron chi connectivity index (χ2n) is 6.51. The van der Waals surface area contributed by atoms with Gasteiger partial charge in [0.25, 0.3) is 0 Å². The van der Waals surface area contributed by atoms with E-state index in [4.69, 9.17) is 10.5 Å². The van der Waals surface area contributed by atoms with Gasteiger partial charge in [-0.1, -0.05) is 13.8 Å². The van der Waals surface area contributed by atoms with Gasteiger partial charge in [0.15, 0.2) is 0 Å². The maximum atomic E-state index is 6.18. The third-order valence-electron chi connectivity index (χ3n) is 5.25. The van der Waals surface area contributed by atoms with Crippen molar-refractivity contribution in [2.75, 3.05) is 20.2 Å². The molecule has 1 aliphatic heterocycles. The lowest BCUT2D eigenvalue weighted by atomic mass is 9.78. The van der Waals surface area contributed by atoms with Crippen LogP contribution in [0.25, 0.3) is 0 Å². The van der Waals surface area contributed by atoms with Crippen molar-refractivity contribution in [1.29, 1.82) is 0 Å². The first kappa shape index (κ1) is 14.3. The Morgan fingerprint density at radius 1 is 1.28 bits per heavy atom. The summed E-state index contributed by atoms with van der Waals surface area (Å²) in [7, 11) is 1.84. The highest BCUT2D eigenvalue weighted by atomic mass is 16.5. The van der Waals surface area contributed by atoms with E-state index in [-0.39, 0.29) is 5.54 Å². The van der Waals surface area contributed by atoms with Gasteiger partial charge >= 0.3 is 0 Å². The van der Waals surface area contributed by atoms with Crippen LogP contribution in [-0.4, -0.2) is 42.8 Å². The van der Waals surface area contributed by atoms with Crippen LogP contribution < -0.4 is 5.73 Å². The molecule has 2 rings (SSSR count). The molecule has 0 aromatic heterocycles. The average Bonchev–Trinajstić information content (AvgIpc) is 2.89. The molecule has 1 atom stereocenters. The van der Waals surface area contributed by atoms with Crippen LogP contribution in [0.15, 0.2) is 0 Å². The molecular formula is C15H30N2O. The van der Waals surface area contributed by atoms with Crippen molar-refractivity contribution in [2.45, 2.75) is 70.1 Å². The van der Waals surface area contributed by atoms with Gasteiger partial charge in [0.05, 0.1) is 6.10 Å². The van der Waals surface area contributed by atoms with E-state index in [0.29, 0.717) is 6.10 Å². The summed E-state index contributed by atoms with van der Waals surface area (Å²) in [5, 5.41) is 0. The Kier molecular flexibility index (Phi) is 4.68. The highest BCUT2D eigenvalue weighted by molar-refractivity contribution is 5.01. The highest BCUT2D eigenvalue weighted by Gasteiger charge is 2.44. The van der Waals surface area contributed by atoms with E-state index in [0.717, 1.165) is 18.5 Å². The summed E-state index contributed by atoms with van der Waals surface area (Å²) in [6.45, 7) is 6.77. The third kappa shape index (κ3) is 2.59. The van der Waals surface area contributed by atoms with Gasteiger partial charge in [-0.2, -0.15) is 0 Å². The molecule has 1 saturated heterocycles. The maximum Gasteiger partial charge on any atom is 0.0572 e. The van der Waals surface area contributed by atoms with Gasteiger partial charge in [0.2, 0.25) is 0 Å². The van der Waals surface area contributed by atoms with E-state index < -0.39 is 0 Å². The Morgan fingerprint density at radius 2 is 1.94 bits per heavy atom. The van der Waals surface area contributed by atoms with Crippen LogP contribution in [0.5, 0.6) is 0 Å². The zero-order valence-corrected chi connectivity index (χ0v) is 12.3. The number of rotatable bonds is 4. The first-order chi connectivity index (χ1) is 8.63. The summed E-state index contributed by atoms with van der Waals surface area (Å²) in [4.78, 5) is 2.75. The first-order valence-corrected chi connectivity index (χ1v) is 7.62. The average molecular weight is 254 g/mol. The standard InChI is InChI=1S/C15H30N2O/c1-12(2)14-5-4-10-17(14)15(11-16)8-6-13(18-3)7-9-15/h12-14H,4-11,16H2,1-3H3. The van der Waals surface area contributed by atoms with Gasteiger partial charge in [-0.3, -0.25) is 4.90 Å². The van der Waals surface area contributed by atoms with Crippen molar-refractivity contribution in [1.82, 2.24) is 4.90 Å². The quantitative estimate of drug-likeness (QED) is 0.837. The predicted octanol–water partition coefficient (Wildman–Crippen LogP) is 2.39. The fourth-order valence-electron chi connectivity index (χ4n) is 4.05. The minimum Gasteiger partial charge on any atom is -0.381 e. The van der Waals surface area contributed by atoms with Crippen LogP contribution in [0.1, 0.15) is 52.4 Å². The van der Waals surface area contributed by atoms with Crippen LogP contribution >= 0.6 is 0 Å². The van der Waals surface area contributed by atoms with E-state index in [1.807, 2.05) is 7.11 Å². The summed E-state index contributed by atoms with van der Waals surface area (Å²) >= 11 is 0.